The van der Waals surface area contributed by atoms with Crippen molar-refractivity contribution in [2.24, 2.45) is 4.99 Å². The van der Waals surface area contributed by atoms with Crippen LogP contribution in [0.1, 0.15) is 18.4 Å². The van der Waals surface area contributed by atoms with E-state index < -0.39 is 0 Å². The number of anilines is 1. The molecule has 3 fully saturated rings. The molecule has 4 aliphatic heterocycles. The lowest BCUT2D eigenvalue weighted by Gasteiger charge is -2.38. The number of piperidine rings is 1. The van der Waals surface area contributed by atoms with Crippen LogP contribution >= 0.6 is 11.8 Å². The summed E-state index contributed by atoms with van der Waals surface area (Å²) >= 11 is 1.46. The summed E-state index contributed by atoms with van der Waals surface area (Å²) in [4.78, 5) is 21.7. The minimum absolute atomic E-state index is 0.154. The van der Waals surface area contributed by atoms with E-state index in [-0.39, 0.29) is 11.7 Å². The number of carbonyl (C=O) groups excluding carboxylic acids is 1. The Balaban J connectivity index is 1.21. The molecule has 5 rings (SSSR count). The number of hydrogen-bond donors (Lipinski definition) is 0. The van der Waals surface area contributed by atoms with Gasteiger partial charge in [0, 0.05) is 44.7 Å². The summed E-state index contributed by atoms with van der Waals surface area (Å²) in [5, 5.41) is 0.791. The van der Waals surface area contributed by atoms with E-state index in [1.54, 1.807) is 0 Å². The highest BCUT2D eigenvalue weighted by Gasteiger charge is 2.39. The number of morpholine rings is 1. The van der Waals surface area contributed by atoms with Crippen molar-refractivity contribution in [1.82, 2.24) is 4.90 Å². The maximum Gasteiger partial charge on any atom is 0.286 e. The van der Waals surface area contributed by atoms with Crippen LogP contribution in [0.3, 0.4) is 0 Å². The van der Waals surface area contributed by atoms with Crippen LogP contribution in [-0.2, 0) is 19.0 Å². The molecule has 1 spiro atoms. The van der Waals surface area contributed by atoms with E-state index in [9.17, 15) is 4.79 Å². The van der Waals surface area contributed by atoms with Gasteiger partial charge in [-0.25, -0.2) is 0 Å². The Kier molecular flexibility index (Phi) is 5.34. The minimum atomic E-state index is -0.348. The molecule has 7 nitrogen and oxygen atoms in total. The Morgan fingerprint density at radius 1 is 0.931 bits per heavy atom. The molecule has 0 N–H and O–H groups in total. The number of amidine groups is 1. The molecule has 0 saturated carbocycles. The number of rotatable bonds is 2. The van der Waals surface area contributed by atoms with E-state index in [0.717, 1.165) is 49.8 Å². The van der Waals surface area contributed by atoms with E-state index in [1.165, 1.54) is 17.4 Å². The molecule has 0 unspecified atom stereocenters. The SMILES string of the molecule is O=C1N=C(N2CCOCC2)SC1=Cc1ccc(N2CCC3(CC2)OCCO3)cc1. The first kappa shape index (κ1) is 19.1. The third-order valence-electron chi connectivity index (χ3n) is 5.79. The topological polar surface area (TPSA) is 63.6 Å². The summed E-state index contributed by atoms with van der Waals surface area (Å²) in [7, 11) is 0. The van der Waals surface area contributed by atoms with Gasteiger partial charge in [-0.2, -0.15) is 4.99 Å². The third-order valence-corrected chi connectivity index (χ3v) is 6.83. The van der Waals surface area contributed by atoms with Crippen molar-refractivity contribution in [1.29, 1.82) is 0 Å². The van der Waals surface area contributed by atoms with Gasteiger partial charge in [0.1, 0.15) is 0 Å². The van der Waals surface area contributed by atoms with E-state index in [2.05, 4.69) is 39.1 Å². The van der Waals surface area contributed by atoms with Gasteiger partial charge in [0.25, 0.3) is 5.91 Å². The molecule has 3 saturated heterocycles. The average molecular weight is 416 g/mol. The van der Waals surface area contributed by atoms with Crippen molar-refractivity contribution in [2.45, 2.75) is 18.6 Å². The molecule has 154 valence electrons. The highest BCUT2D eigenvalue weighted by atomic mass is 32.2. The Labute approximate surface area is 174 Å². The van der Waals surface area contributed by atoms with Crippen molar-refractivity contribution < 1.29 is 19.0 Å². The van der Waals surface area contributed by atoms with Gasteiger partial charge < -0.3 is 24.0 Å². The van der Waals surface area contributed by atoms with Crippen LogP contribution in [0.5, 0.6) is 0 Å². The van der Waals surface area contributed by atoms with Gasteiger partial charge in [-0.1, -0.05) is 12.1 Å². The summed E-state index contributed by atoms with van der Waals surface area (Å²) in [5.74, 6) is -0.502. The largest absolute Gasteiger partial charge is 0.378 e. The van der Waals surface area contributed by atoms with Crippen molar-refractivity contribution in [2.75, 3.05) is 57.5 Å². The van der Waals surface area contributed by atoms with Gasteiger partial charge in [0.05, 0.1) is 31.3 Å². The molecule has 1 aromatic carbocycles. The maximum absolute atomic E-state index is 12.3. The van der Waals surface area contributed by atoms with Crippen LogP contribution < -0.4 is 4.90 Å². The predicted octanol–water partition coefficient (Wildman–Crippen LogP) is 2.33. The van der Waals surface area contributed by atoms with Crippen LogP contribution in [0.25, 0.3) is 6.08 Å². The Hall–Kier alpha value is -1.87. The zero-order chi connectivity index (χ0) is 19.7. The standard InChI is InChI=1S/C21H25N3O4S/c25-19-18(29-20(22-19)24-9-11-26-12-10-24)15-16-1-3-17(4-2-16)23-7-5-21(6-8-23)27-13-14-28-21/h1-4,15H,5-14H2. The lowest BCUT2D eigenvalue weighted by molar-refractivity contribution is -0.169. The highest BCUT2D eigenvalue weighted by molar-refractivity contribution is 8.18. The van der Waals surface area contributed by atoms with E-state index >= 15 is 0 Å². The molecule has 8 heteroatoms. The molecule has 4 heterocycles. The molecular weight excluding hydrogens is 390 g/mol. The van der Waals surface area contributed by atoms with Gasteiger partial charge in [0.15, 0.2) is 11.0 Å². The van der Waals surface area contributed by atoms with Crippen LogP contribution in [0.2, 0.25) is 0 Å². The van der Waals surface area contributed by atoms with E-state index in [0.29, 0.717) is 31.3 Å². The molecule has 1 aromatic rings. The molecule has 0 aliphatic carbocycles. The first-order valence-corrected chi connectivity index (χ1v) is 11.0. The van der Waals surface area contributed by atoms with Gasteiger partial charge in [-0.05, 0) is 35.5 Å². The number of aliphatic imine (C=N–C) groups is 1. The smallest absolute Gasteiger partial charge is 0.286 e. The monoisotopic (exact) mass is 415 g/mol. The van der Waals surface area contributed by atoms with Crippen molar-refractivity contribution in [3.63, 3.8) is 0 Å². The number of amides is 1. The number of thioether (sulfide) groups is 1. The molecule has 4 aliphatic rings. The summed E-state index contributed by atoms with van der Waals surface area (Å²) < 4.78 is 17.0. The number of benzene rings is 1. The molecule has 0 atom stereocenters. The fraction of sp³-hybridized carbons (Fsp3) is 0.524. The van der Waals surface area contributed by atoms with E-state index in [4.69, 9.17) is 14.2 Å². The number of hydrogen-bond acceptors (Lipinski definition) is 7. The Morgan fingerprint density at radius 3 is 2.31 bits per heavy atom. The zero-order valence-electron chi connectivity index (χ0n) is 16.3. The van der Waals surface area contributed by atoms with Crippen LogP contribution in [0, 0.1) is 0 Å². The summed E-state index contributed by atoms with van der Waals surface area (Å²) in [6.45, 7) is 6.20. The van der Waals surface area contributed by atoms with Crippen molar-refractivity contribution >= 4 is 34.6 Å². The van der Waals surface area contributed by atoms with Gasteiger partial charge in [-0.15, -0.1) is 0 Å². The molecule has 0 aromatic heterocycles. The van der Waals surface area contributed by atoms with Gasteiger partial charge in [-0.3, -0.25) is 4.79 Å². The Bertz CT molecular complexity index is 817. The lowest BCUT2D eigenvalue weighted by Crippen LogP contribution is -2.45. The molecule has 1 amide bonds. The predicted molar refractivity (Wildman–Crippen MR) is 113 cm³/mol. The van der Waals surface area contributed by atoms with Crippen molar-refractivity contribution in [3.8, 4) is 0 Å². The second kappa shape index (κ2) is 8.10. The van der Waals surface area contributed by atoms with Crippen molar-refractivity contribution in [3.05, 3.63) is 34.7 Å². The first-order chi connectivity index (χ1) is 14.2. The molecular formula is C21H25N3O4S. The zero-order valence-corrected chi connectivity index (χ0v) is 17.2. The molecule has 0 radical (unpaired) electrons. The quantitative estimate of drug-likeness (QED) is 0.687. The lowest BCUT2D eigenvalue weighted by atomic mass is 10.0. The van der Waals surface area contributed by atoms with Crippen LogP contribution in [0.15, 0.2) is 34.2 Å². The molecule has 0 bridgehead atoms. The van der Waals surface area contributed by atoms with Gasteiger partial charge in [0.2, 0.25) is 0 Å². The number of carbonyl (C=O) groups is 1. The second-order valence-electron chi connectivity index (χ2n) is 7.60. The fourth-order valence-electron chi connectivity index (χ4n) is 4.11. The van der Waals surface area contributed by atoms with E-state index in [1.807, 2.05) is 6.08 Å². The molecule has 29 heavy (non-hydrogen) atoms. The van der Waals surface area contributed by atoms with Crippen LogP contribution in [-0.4, -0.2) is 74.4 Å². The summed E-state index contributed by atoms with van der Waals surface area (Å²) in [5.41, 5.74) is 2.20. The fourth-order valence-corrected chi connectivity index (χ4v) is 5.08. The summed E-state index contributed by atoms with van der Waals surface area (Å²) in [6.07, 6.45) is 3.72. The first-order valence-electron chi connectivity index (χ1n) is 10.2. The Morgan fingerprint density at radius 2 is 1.62 bits per heavy atom. The normalized spacial score (nSPS) is 25.9. The van der Waals surface area contributed by atoms with Gasteiger partial charge >= 0.3 is 0 Å². The maximum atomic E-state index is 12.3. The average Bonchev–Trinajstić information content (AvgIpc) is 3.37. The summed E-state index contributed by atoms with van der Waals surface area (Å²) in [6, 6.07) is 8.37. The third kappa shape index (κ3) is 4.07. The second-order valence-corrected chi connectivity index (χ2v) is 8.60. The minimum Gasteiger partial charge on any atom is -0.378 e. The highest BCUT2D eigenvalue weighted by Crippen LogP contribution is 2.34. The van der Waals surface area contributed by atoms with Crippen LogP contribution in [0.4, 0.5) is 5.69 Å². The number of ether oxygens (including phenoxy) is 3. The number of nitrogens with zero attached hydrogens (tertiary/aromatic N) is 3.